The zero-order valence-corrected chi connectivity index (χ0v) is 18.2. The van der Waals surface area contributed by atoms with E-state index < -0.39 is 0 Å². The van der Waals surface area contributed by atoms with Gasteiger partial charge in [-0.1, -0.05) is 18.2 Å². The van der Waals surface area contributed by atoms with Crippen LogP contribution in [0, 0.1) is 17.1 Å². The monoisotopic (exact) mass is 436 g/mol. The summed E-state index contributed by atoms with van der Waals surface area (Å²) in [7, 11) is 0. The van der Waals surface area contributed by atoms with Crippen LogP contribution in [0.15, 0.2) is 60.4 Å². The van der Waals surface area contributed by atoms with E-state index >= 15 is 0 Å². The van der Waals surface area contributed by atoms with E-state index in [2.05, 4.69) is 33.7 Å². The van der Waals surface area contributed by atoms with Crippen molar-refractivity contribution in [2.75, 3.05) is 0 Å². The predicted octanol–water partition coefficient (Wildman–Crippen LogP) is 5.57. The molecule has 5 nitrogen and oxygen atoms in total. The Morgan fingerprint density at radius 2 is 2.06 bits per heavy atom. The van der Waals surface area contributed by atoms with Crippen LogP contribution in [-0.4, -0.2) is 14.4 Å². The first kappa shape index (κ1) is 19.7. The van der Waals surface area contributed by atoms with Crippen LogP contribution < -0.4 is 4.74 Å². The standard InChI is InChI=1S/C27H21FN4O/c1-16(14-29)25-21-7-3-17(11-19(21)15-33-24-13-20(28)6-8-22(24)25)12-23-26(18-4-5-18)31-27-30-9-2-10-32(23)27/h2-3,6-11,13,18H,4-5,12,15H2,1H3/b25-16+. The molecule has 0 N–H and O–H groups in total. The number of allylic oxidation sites excluding steroid dienone is 1. The molecule has 1 aliphatic heterocycles. The molecule has 33 heavy (non-hydrogen) atoms. The highest BCUT2D eigenvalue weighted by atomic mass is 19.1. The van der Waals surface area contributed by atoms with Gasteiger partial charge in [0.05, 0.1) is 17.5 Å². The maximum Gasteiger partial charge on any atom is 0.234 e. The van der Waals surface area contributed by atoms with Gasteiger partial charge in [0.25, 0.3) is 0 Å². The molecule has 1 saturated carbocycles. The summed E-state index contributed by atoms with van der Waals surface area (Å²) in [6.07, 6.45) is 6.86. The van der Waals surface area contributed by atoms with Crippen LogP contribution >= 0.6 is 0 Å². The topological polar surface area (TPSA) is 63.2 Å². The molecule has 2 aromatic carbocycles. The molecule has 0 saturated heterocycles. The summed E-state index contributed by atoms with van der Waals surface area (Å²) >= 11 is 0. The van der Waals surface area contributed by atoms with E-state index in [1.54, 1.807) is 19.2 Å². The Hall–Kier alpha value is -3.98. The highest BCUT2D eigenvalue weighted by molar-refractivity contribution is 5.88. The lowest BCUT2D eigenvalue weighted by molar-refractivity contribution is 0.305. The number of hydrogen-bond donors (Lipinski definition) is 0. The third kappa shape index (κ3) is 3.37. The number of fused-ring (bicyclic) bond motifs is 3. The molecule has 0 spiro atoms. The van der Waals surface area contributed by atoms with Crippen molar-refractivity contribution in [3.8, 4) is 11.8 Å². The molecule has 0 radical (unpaired) electrons. The van der Waals surface area contributed by atoms with Crippen molar-refractivity contribution in [1.29, 1.82) is 5.26 Å². The van der Waals surface area contributed by atoms with Crippen molar-refractivity contribution < 1.29 is 9.13 Å². The number of imidazole rings is 1. The maximum absolute atomic E-state index is 13.9. The molecule has 2 aromatic heterocycles. The molecule has 162 valence electrons. The number of ether oxygens (including phenoxy) is 1. The van der Waals surface area contributed by atoms with Gasteiger partial charge in [0.1, 0.15) is 18.2 Å². The van der Waals surface area contributed by atoms with E-state index in [0.29, 0.717) is 23.8 Å². The van der Waals surface area contributed by atoms with Crippen molar-refractivity contribution >= 4 is 11.4 Å². The van der Waals surface area contributed by atoms with Crippen LogP contribution in [0.4, 0.5) is 4.39 Å². The Bertz CT molecular complexity index is 1490. The summed E-state index contributed by atoms with van der Waals surface area (Å²) in [6, 6.07) is 15.0. The summed E-state index contributed by atoms with van der Waals surface area (Å²) < 4.78 is 22.0. The number of hydrogen-bond acceptors (Lipinski definition) is 4. The van der Waals surface area contributed by atoms with Crippen LogP contribution in [-0.2, 0) is 13.0 Å². The lowest BCUT2D eigenvalue weighted by atomic mass is 9.89. The first-order valence-corrected chi connectivity index (χ1v) is 11.1. The highest BCUT2D eigenvalue weighted by Gasteiger charge is 2.30. The zero-order valence-electron chi connectivity index (χ0n) is 18.2. The maximum atomic E-state index is 13.9. The molecule has 2 aliphatic rings. The normalized spacial score (nSPS) is 16.4. The smallest absolute Gasteiger partial charge is 0.234 e. The summed E-state index contributed by atoms with van der Waals surface area (Å²) in [5, 5.41) is 9.66. The van der Waals surface area contributed by atoms with E-state index in [1.165, 1.54) is 30.7 Å². The number of nitrogens with zero attached hydrogens (tertiary/aromatic N) is 4. The van der Waals surface area contributed by atoms with Gasteiger partial charge in [0, 0.05) is 47.5 Å². The van der Waals surface area contributed by atoms with Crippen LogP contribution in [0.5, 0.6) is 5.75 Å². The molecule has 6 rings (SSSR count). The second kappa shape index (κ2) is 7.56. The third-order valence-electron chi connectivity index (χ3n) is 6.45. The minimum atomic E-state index is -0.358. The number of nitriles is 1. The van der Waals surface area contributed by atoms with Crippen LogP contribution in [0.1, 0.15) is 59.3 Å². The molecule has 3 heterocycles. The van der Waals surface area contributed by atoms with Crippen molar-refractivity contribution in [2.24, 2.45) is 0 Å². The van der Waals surface area contributed by atoms with Gasteiger partial charge in [-0.15, -0.1) is 0 Å². The highest BCUT2D eigenvalue weighted by Crippen LogP contribution is 2.42. The van der Waals surface area contributed by atoms with Gasteiger partial charge in [-0.3, -0.25) is 4.40 Å². The summed E-state index contributed by atoms with van der Waals surface area (Å²) in [6.45, 7) is 2.10. The minimum absolute atomic E-state index is 0.312. The average molecular weight is 436 g/mol. The van der Waals surface area contributed by atoms with Gasteiger partial charge in [0.15, 0.2) is 0 Å². The first-order valence-electron chi connectivity index (χ1n) is 11.1. The molecule has 1 aliphatic carbocycles. The second-order valence-electron chi connectivity index (χ2n) is 8.72. The molecular weight excluding hydrogens is 415 g/mol. The second-order valence-corrected chi connectivity index (χ2v) is 8.72. The molecule has 0 amide bonds. The largest absolute Gasteiger partial charge is 0.488 e. The number of rotatable bonds is 3. The number of aromatic nitrogens is 3. The number of halogens is 1. The summed E-state index contributed by atoms with van der Waals surface area (Å²) in [4.78, 5) is 9.23. The summed E-state index contributed by atoms with van der Waals surface area (Å²) in [5.41, 5.74) is 7.49. The van der Waals surface area contributed by atoms with Gasteiger partial charge in [-0.25, -0.2) is 14.4 Å². The Labute approximate surface area is 190 Å². The van der Waals surface area contributed by atoms with Gasteiger partial charge >= 0.3 is 0 Å². The fraction of sp³-hybridized carbons (Fsp3) is 0.222. The molecule has 6 heteroatoms. The van der Waals surface area contributed by atoms with E-state index in [-0.39, 0.29) is 5.82 Å². The lowest BCUT2D eigenvalue weighted by Gasteiger charge is -2.13. The Kier molecular flexibility index (Phi) is 4.51. The van der Waals surface area contributed by atoms with Gasteiger partial charge < -0.3 is 4.74 Å². The van der Waals surface area contributed by atoms with Crippen LogP contribution in [0.2, 0.25) is 0 Å². The Morgan fingerprint density at radius 3 is 2.88 bits per heavy atom. The zero-order chi connectivity index (χ0) is 22.5. The molecule has 4 aromatic rings. The predicted molar refractivity (Wildman–Crippen MR) is 122 cm³/mol. The first-order chi connectivity index (χ1) is 16.1. The van der Waals surface area contributed by atoms with Crippen molar-refractivity contribution in [2.45, 2.75) is 38.7 Å². The van der Waals surface area contributed by atoms with Crippen LogP contribution in [0.3, 0.4) is 0 Å². The van der Waals surface area contributed by atoms with Gasteiger partial charge in [-0.05, 0) is 54.7 Å². The molecule has 0 bridgehead atoms. The molecule has 1 fully saturated rings. The van der Waals surface area contributed by atoms with Gasteiger partial charge in [-0.2, -0.15) is 5.26 Å². The van der Waals surface area contributed by atoms with E-state index in [4.69, 9.17) is 9.72 Å². The minimum Gasteiger partial charge on any atom is -0.488 e. The number of benzene rings is 2. The molecule has 0 unspecified atom stereocenters. The Morgan fingerprint density at radius 1 is 1.21 bits per heavy atom. The van der Waals surface area contributed by atoms with E-state index in [0.717, 1.165) is 45.7 Å². The SMILES string of the molecule is C/C(C#N)=C1/c2ccc(Cc3c(C4CC4)nc4ncccn34)cc2COc2cc(F)ccc21. The van der Waals surface area contributed by atoms with Crippen molar-refractivity contribution in [1.82, 2.24) is 14.4 Å². The fourth-order valence-electron chi connectivity index (χ4n) is 4.71. The third-order valence-corrected chi connectivity index (χ3v) is 6.45. The van der Waals surface area contributed by atoms with Crippen LogP contribution in [0.25, 0.3) is 11.4 Å². The van der Waals surface area contributed by atoms with E-state index in [9.17, 15) is 9.65 Å². The quantitative estimate of drug-likeness (QED) is 0.394. The lowest BCUT2D eigenvalue weighted by Crippen LogP contribution is -2.02. The molecular formula is C27H21FN4O. The van der Waals surface area contributed by atoms with Crippen molar-refractivity contribution in [3.63, 3.8) is 0 Å². The molecule has 0 atom stereocenters. The summed E-state index contributed by atoms with van der Waals surface area (Å²) in [5.74, 6) is 1.35. The van der Waals surface area contributed by atoms with Crippen molar-refractivity contribution in [3.05, 3.63) is 99.9 Å². The Balaban J connectivity index is 1.45. The average Bonchev–Trinajstić information content (AvgIpc) is 3.63. The van der Waals surface area contributed by atoms with E-state index in [1.807, 2.05) is 12.3 Å². The van der Waals surface area contributed by atoms with Gasteiger partial charge in [0.2, 0.25) is 5.78 Å². The fourth-order valence-corrected chi connectivity index (χ4v) is 4.71.